The van der Waals surface area contributed by atoms with Crippen LogP contribution < -0.4 is 22.1 Å². The molecule has 2 rings (SSSR count). The van der Waals surface area contributed by atoms with E-state index in [0.717, 1.165) is 37.7 Å². The van der Waals surface area contributed by atoms with Gasteiger partial charge >= 0.3 is 12.1 Å². The molecule has 2 amide bonds. The highest BCUT2D eigenvalue weighted by Crippen LogP contribution is 2.17. The number of unbranched alkanes of at least 4 members (excludes halogenated alkanes) is 2. The predicted octanol–water partition coefficient (Wildman–Crippen LogP) is 5.46. The van der Waals surface area contributed by atoms with Crippen LogP contribution in [0.2, 0.25) is 0 Å². The molecule has 262 valence electrons. The van der Waals surface area contributed by atoms with Gasteiger partial charge in [-0.1, -0.05) is 80.9 Å². The topological polar surface area (TPSA) is 144 Å². The van der Waals surface area contributed by atoms with Crippen LogP contribution in [0.25, 0.3) is 0 Å². The molecule has 2 aromatic rings. The van der Waals surface area contributed by atoms with E-state index in [1.807, 2.05) is 55.5 Å². The summed E-state index contributed by atoms with van der Waals surface area (Å²) in [5.74, 6) is -1.79. The molecule has 0 unspecified atom stereocenters. The fourth-order valence-electron chi connectivity index (χ4n) is 5.16. The van der Waals surface area contributed by atoms with Crippen molar-refractivity contribution in [1.29, 1.82) is 0 Å². The van der Waals surface area contributed by atoms with E-state index >= 15 is 0 Å². The number of halogens is 3. The normalized spacial score (nSPS) is 13.7. The molecule has 8 nitrogen and oxygen atoms in total. The number of ketones is 2. The molecule has 0 saturated heterocycles. The van der Waals surface area contributed by atoms with Gasteiger partial charge in [0.05, 0.1) is 12.1 Å². The second-order valence-corrected chi connectivity index (χ2v) is 12.3. The van der Waals surface area contributed by atoms with E-state index in [0.29, 0.717) is 38.1 Å². The fourth-order valence-corrected chi connectivity index (χ4v) is 5.16. The van der Waals surface area contributed by atoms with Gasteiger partial charge in [-0.05, 0) is 74.5 Å². The molecule has 0 aromatic heterocycles. The fraction of sp³-hybridized carbons (Fsp3) is 0.556. The SMILES string of the molecule is CC(=O)N[C@@H](CCCCNC(=O)C(F)(F)F)C(=O)C[C@@H](C)Cc1ccccc1.C[C@H](CC(=O)[C@@H](N)CCCCN)Cc1ccccc1. The number of alkyl halides is 3. The second-order valence-electron chi connectivity index (χ2n) is 12.3. The van der Waals surface area contributed by atoms with E-state index in [4.69, 9.17) is 11.5 Å². The number of Topliss-reactive ketones (excluding diaryl/α,β-unsaturated/α-hetero) is 2. The Bertz CT molecular complexity index is 1200. The van der Waals surface area contributed by atoms with Gasteiger partial charge in [0.25, 0.3) is 0 Å². The molecule has 4 atom stereocenters. The summed E-state index contributed by atoms with van der Waals surface area (Å²) in [7, 11) is 0. The van der Waals surface area contributed by atoms with E-state index in [1.165, 1.54) is 12.5 Å². The monoisotopic (exact) mass is 662 g/mol. The van der Waals surface area contributed by atoms with Crippen LogP contribution in [0, 0.1) is 11.8 Å². The van der Waals surface area contributed by atoms with Crippen molar-refractivity contribution in [2.75, 3.05) is 13.1 Å². The average molecular weight is 663 g/mol. The average Bonchev–Trinajstić information content (AvgIpc) is 3.00. The van der Waals surface area contributed by atoms with Crippen LogP contribution in [-0.4, -0.2) is 54.7 Å². The molecule has 11 heteroatoms. The van der Waals surface area contributed by atoms with Gasteiger partial charge in [0.2, 0.25) is 5.91 Å². The zero-order valence-electron chi connectivity index (χ0n) is 28.0. The first kappa shape index (κ1) is 41.5. The lowest BCUT2D eigenvalue weighted by Gasteiger charge is -2.19. The number of carbonyl (C=O) groups excluding carboxylic acids is 4. The van der Waals surface area contributed by atoms with E-state index in [-0.39, 0.29) is 42.4 Å². The highest BCUT2D eigenvalue weighted by atomic mass is 19.4. The number of nitrogens with two attached hydrogens (primary N) is 2. The summed E-state index contributed by atoms with van der Waals surface area (Å²) in [6.45, 7) is 5.92. The smallest absolute Gasteiger partial charge is 0.348 e. The van der Waals surface area contributed by atoms with E-state index in [1.54, 1.807) is 5.32 Å². The van der Waals surface area contributed by atoms with E-state index in [2.05, 4.69) is 24.4 Å². The number of benzene rings is 2. The molecule has 47 heavy (non-hydrogen) atoms. The van der Waals surface area contributed by atoms with Crippen molar-refractivity contribution in [3.8, 4) is 0 Å². The van der Waals surface area contributed by atoms with Crippen molar-refractivity contribution in [3.63, 3.8) is 0 Å². The van der Waals surface area contributed by atoms with Crippen LogP contribution in [0.15, 0.2) is 60.7 Å². The van der Waals surface area contributed by atoms with Gasteiger partial charge < -0.3 is 22.1 Å². The standard InChI is InChI=1S/C20H27F3N2O3.C16H26N2O/c1-14(12-16-8-4-3-5-9-16)13-18(27)17(25-15(2)26)10-6-7-11-24-19(28)20(21,22)23;1-13(11-14-7-3-2-4-8-14)12-16(19)15(18)9-5-6-10-17/h3-5,8-9,14,17H,6-7,10-13H2,1-2H3,(H,24,28)(H,25,26);2-4,7-8,13,15H,5-6,9-12,17-18H2,1H3/t14-,17-;13-,15-/m00/s1. The predicted molar refractivity (Wildman–Crippen MR) is 179 cm³/mol. The number of amides is 2. The van der Waals surface area contributed by atoms with Gasteiger partial charge in [0, 0.05) is 26.3 Å². The van der Waals surface area contributed by atoms with Crippen LogP contribution in [0.3, 0.4) is 0 Å². The molecular weight excluding hydrogens is 609 g/mol. The Labute approximate surface area is 277 Å². The molecule has 0 aliphatic heterocycles. The number of hydrogen-bond donors (Lipinski definition) is 4. The van der Waals surface area contributed by atoms with E-state index in [9.17, 15) is 32.3 Å². The number of carbonyl (C=O) groups is 4. The van der Waals surface area contributed by atoms with Crippen LogP contribution in [0.4, 0.5) is 13.2 Å². The van der Waals surface area contributed by atoms with Crippen LogP contribution >= 0.6 is 0 Å². The minimum Gasteiger partial charge on any atom is -0.348 e. The summed E-state index contributed by atoms with van der Waals surface area (Å²) in [5.41, 5.74) is 13.7. The minimum atomic E-state index is -4.90. The molecule has 0 saturated carbocycles. The molecule has 0 heterocycles. The number of nitrogens with one attached hydrogen (secondary N) is 2. The highest BCUT2D eigenvalue weighted by Gasteiger charge is 2.38. The maximum absolute atomic E-state index is 12.5. The molecule has 0 aliphatic carbocycles. The van der Waals surface area contributed by atoms with Gasteiger partial charge in [0.15, 0.2) is 5.78 Å². The Morgan fingerprint density at radius 2 is 1.23 bits per heavy atom. The van der Waals surface area contributed by atoms with Crippen molar-refractivity contribution in [3.05, 3.63) is 71.8 Å². The number of hydrogen-bond acceptors (Lipinski definition) is 6. The first-order valence-electron chi connectivity index (χ1n) is 16.4. The lowest BCUT2D eigenvalue weighted by Crippen LogP contribution is -2.40. The second kappa shape index (κ2) is 22.9. The summed E-state index contributed by atoms with van der Waals surface area (Å²) in [6.07, 6.45) is 1.29. The van der Waals surface area contributed by atoms with Gasteiger partial charge in [-0.15, -0.1) is 0 Å². The Morgan fingerprint density at radius 1 is 0.745 bits per heavy atom. The summed E-state index contributed by atoms with van der Waals surface area (Å²) in [4.78, 5) is 46.6. The van der Waals surface area contributed by atoms with Crippen molar-refractivity contribution in [2.24, 2.45) is 23.3 Å². The zero-order chi connectivity index (χ0) is 35.2. The first-order valence-corrected chi connectivity index (χ1v) is 16.4. The third-order valence-corrected chi connectivity index (χ3v) is 7.56. The minimum absolute atomic E-state index is 0.0947. The van der Waals surface area contributed by atoms with Gasteiger partial charge in [-0.25, -0.2) is 0 Å². The maximum Gasteiger partial charge on any atom is 0.471 e. The van der Waals surface area contributed by atoms with Crippen LogP contribution in [-0.2, 0) is 32.0 Å². The third kappa shape index (κ3) is 19.6. The molecule has 0 fully saturated rings. The largest absolute Gasteiger partial charge is 0.471 e. The zero-order valence-corrected chi connectivity index (χ0v) is 28.0. The Balaban J connectivity index is 0.000000506. The van der Waals surface area contributed by atoms with Gasteiger partial charge in [-0.3, -0.25) is 19.2 Å². The van der Waals surface area contributed by atoms with Crippen LogP contribution in [0.5, 0.6) is 0 Å². The molecule has 2 aromatic carbocycles. The number of rotatable bonds is 20. The van der Waals surface area contributed by atoms with Crippen molar-refractivity contribution < 1.29 is 32.3 Å². The Hall–Kier alpha value is -3.57. The third-order valence-electron chi connectivity index (χ3n) is 7.56. The first-order chi connectivity index (χ1) is 22.2. The van der Waals surface area contributed by atoms with Gasteiger partial charge in [-0.2, -0.15) is 13.2 Å². The van der Waals surface area contributed by atoms with Crippen molar-refractivity contribution in [2.45, 2.75) is 103 Å². The highest BCUT2D eigenvalue weighted by molar-refractivity contribution is 5.88. The molecule has 6 N–H and O–H groups in total. The lowest BCUT2D eigenvalue weighted by atomic mass is 9.92. The van der Waals surface area contributed by atoms with Crippen molar-refractivity contribution >= 4 is 23.4 Å². The molecule has 0 radical (unpaired) electrons. The molecular formula is C36H53F3N4O4. The van der Waals surface area contributed by atoms with Crippen LogP contribution in [0.1, 0.15) is 83.3 Å². The summed E-state index contributed by atoms with van der Waals surface area (Å²) in [5, 5.41) is 4.41. The van der Waals surface area contributed by atoms with Gasteiger partial charge in [0.1, 0.15) is 5.78 Å². The van der Waals surface area contributed by atoms with Crippen molar-refractivity contribution in [1.82, 2.24) is 10.6 Å². The molecule has 0 spiro atoms. The summed E-state index contributed by atoms with van der Waals surface area (Å²) < 4.78 is 36.3. The quantitative estimate of drug-likeness (QED) is 0.139. The Kier molecular flexibility index (Phi) is 20.2. The van der Waals surface area contributed by atoms with E-state index < -0.39 is 18.1 Å². The lowest BCUT2D eigenvalue weighted by molar-refractivity contribution is -0.173. The maximum atomic E-state index is 12.5. The summed E-state index contributed by atoms with van der Waals surface area (Å²) in [6, 6.07) is 19.0. The molecule has 0 aliphatic rings. The Morgan fingerprint density at radius 3 is 1.70 bits per heavy atom. The molecule has 0 bridgehead atoms. The summed E-state index contributed by atoms with van der Waals surface area (Å²) >= 11 is 0.